The van der Waals surface area contributed by atoms with Gasteiger partial charge in [-0.2, -0.15) is 0 Å². The molecular weight excluding hydrogens is 184 g/mol. The summed E-state index contributed by atoms with van der Waals surface area (Å²) in [5.41, 5.74) is 1.19. The van der Waals surface area contributed by atoms with Crippen LogP contribution in [0.1, 0.15) is 31.0 Å². The Bertz CT molecular complexity index is 232. The van der Waals surface area contributed by atoms with Gasteiger partial charge in [-0.15, -0.1) is 12.4 Å². The zero-order chi connectivity index (χ0) is 8.23. The molecule has 1 atom stereocenters. The highest BCUT2D eigenvalue weighted by Crippen LogP contribution is 2.20. The van der Waals surface area contributed by atoms with E-state index in [1.54, 1.807) is 0 Å². The van der Waals surface area contributed by atoms with E-state index >= 15 is 0 Å². The van der Waals surface area contributed by atoms with E-state index < -0.39 is 0 Å². The Labute approximate surface area is 85.2 Å². The fourth-order valence-electron chi connectivity index (χ4n) is 1.69. The summed E-state index contributed by atoms with van der Waals surface area (Å²) >= 11 is 0. The second kappa shape index (κ2) is 5.20. The van der Waals surface area contributed by atoms with E-state index in [0.29, 0.717) is 6.04 Å². The van der Waals surface area contributed by atoms with E-state index in [0.717, 1.165) is 6.54 Å². The topological polar surface area (TPSA) is 24.9 Å². The molecule has 0 spiro atoms. The van der Waals surface area contributed by atoms with Gasteiger partial charge in [-0.3, -0.25) is 4.98 Å². The lowest BCUT2D eigenvalue weighted by molar-refractivity contribution is 0.405. The Balaban J connectivity index is 0.000000845. The molecule has 1 N–H and O–H groups in total. The van der Waals surface area contributed by atoms with E-state index in [2.05, 4.69) is 22.4 Å². The van der Waals surface area contributed by atoms with Gasteiger partial charge in [-0.1, -0.05) is 12.5 Å². The third-order valence-corrected chi connectivity index (χ3v) is 2.36. The Morgan fingerprint density at radius 1 is 1.31 bits per heavy atom. The molecule has 3 heteroatoms. The highest BCUT2D eigenvalue weighted by molar-refractivity contribution is 5.85. The predicted octanol–water partition coefficient (Wildman–Crippen LogP) is 2.32. The van der Waals surface area contributed by atoms with Crippen molar-refractivity contribution in [3.05, 3.63) is 30.1 Å². The quantitative estimate of drug-likeness (QED) is 0.749. The number of aromatic nitrogens is 1. The van der Waals surface area contributed by atoms with Crippen LogP contribution >= 0.6 is 12.4 Å². The van der Waals surface area contributed by atoms with Gasteiger partial charge in [-0.05, 0) is 31.5 Å². The van der Waals surface area contributed by atoms with Crippen molar-refractivity contribution in [3.8, 4) is 0 Å². The maximum Gasteiger partial charge on any atom is 0.0573 e. The van der Waals surface area contributed by atoms with Crippen molar-refractivity contribution in [3.63, 3.8) is 0 Å². The molecule has 2 nitrogen and oxygen atoms in total. The smallest absolute Gasteiger partial charge is 0.0573 e. The van der Waals surface area contributed by atoms with Gasteiger partial charge in [0, 0.05) is 12.2 Å². The van der Waals surface area contributed by atoms with E-state index in [4.69, 9.17) is 0 Å². The molecule has 0 amide bonds. The molecule has 2 heterocycles. The van der Waals surface area contributed by atoms with E-state index in [9.17, 15) is 0 Å². The number of hydrogen-bond acceptors (Lipinski definition) is 2. The largest absolute Gasteiger partial charge is 0.309 e. The molecule has 2 rings (SSSR count). The van der Waals surface area contributed by atoms with E-state index in [1.165, 1.54) is 25.0 Å². The number of piperidine rings is 1. The van der Waals surface area contributed by atoms with Crippen molar-refractivity contribution in [2.24, 2.45) is 0 Å². The molecule has 0 aliphatic carbocycles. The number of halogens is 1. The highest BCUT2D eigenvalue weighted by Gasteiger charge is 2.14. The molecular formula is C10H15ClN2. The van der Waals surface area contributed by atoms with Gasteiger partial charge in [0.05, 0.1) is 5.69 Å². The lowest BCUT2D eigenvalue weighted by Crippen LogP contribution is -2.27. The monoisotopic (exact) mass is 198 g/mol. The molecule has 1 unspecified atom stereocenters. The zero-order valence-electron chi connectivity index (χ0n) is 7.57. The number of hydrogen-bond donors (Lipinski definition) is 1. The average molecular weight is 199 g/mol. The van der Waals surface area contributed by atoms with Crippen LogP contribution in [0, 0.1) is 0 Å². The first-order valence-electron chi connectivity index (χ1n) is 4.61. The molecule has 0 bridgehead atoms. The SMILES string of the molecule is Cl.c1ccc(C2CCCCN2)nc1. The molecule has 1 aromatic heterocycles. The Kier molecular flexibility index (Phi) is 4.19. The van der Waals surface area contributed by atoms with Gasteiger partial charge in [0.1, 0.15) is 0 Å². The van der Waals surface area contributed by atoms with Crippen LogP contribution in [0.5, 0.6) is 0 Å². The highest BCUT2D eigenvalue weighted by atomic mass is 35.5. The molecule has 1 fully saturated rings. The first kappa shape index (κ1) is 10.5. The number of nitrogens with one attached hydrogen (secondary N) is 1. The van der Waals surface area contributed by atoms with Crippen LogP contribution < -0.4 is 5.32 Å². The maximum absolute atomic E-state index is 4.34. The third kappa shape index (κ3) is 2.68. The van der Waals surface area contributed by atoms with Gasteiger partial charge in [0.25, 0.3) is 0 Å². The van der Waals surface area contributed by atoms with Crippen molar-refractivity contribution in [1.82, 2.24) is 10.3 Å². The summed E-state index contributed by atoms with van der Waals surface area (Å²) in [7, 11) is 0. The standard InChI is InChI=1S/C10H14N2.ClH/c1-3-7-11-9(5-1)10-6-2-4-8-12-10;/h1,3,5,7,10,12H,2,4,6,8H2;1H. The summed E-state index contributed by atoms with van der Waals surface area (Å²) in [6, 6.07) is 6.62. The summed E-state index contributed by atoms with van der Waals surface area (Å²) in [5, 5.41) is 3.47. The molecule has 0 saturated carbocycles. The molecule has 1 aliphatic rings. The summed E-state index contributed by atoms with van der Waals surface area (Å²) in [4.78, 5) is 4.34. The molecule has 13 heavy (non-hydrogen) atoms. The lowest BCUT2D eigenvalue weighted by atomic mass is 10.0. The first-order chi connectivity index (χ1) is 5.97. The molecule has 1 aromatic rings. The van der Waals surface area contributed by atoms with Crippen LogP contribution in [0.2, 0.25) is 0 Å². The number of pyridine rings is 1. The van der Waals surface area contributed by atoms with E-state index in [1.807, 2.05) is 12.3 Å². The predicted molar refractivity (Wildman–Crippen MR) is 56.1 cm³/mol. The summed E-state index contributed by atoms with van der Waals surface area (Å²) in [6.45, 7) is 1.14. The fourth-order valence-corrected chi connectivity index (χ4v) is 1.69. The maximum atomic E-state index is 4.34. The molecule has 1 aliphatic heterocycles. The van der Waals surface area contributed by atoms with Gasteiger partial charge >= 0.3 is 0 Å². The Morgan fingerprint density at radius 2 is 2.23 bits per heavy atom. The van der Waals surface area contributed by atoms with Crippen LogP contribution in [0.15, 0.2) is 24.4 Å². The van der Waals surface area contributed by atoms with Crippen LogP contribution in [0.25, 0.3) is 0 Å². The second-order valence-electron chi connectivity index (χ2n) is 3.26. The lowest BCUT2D eigenvalue weighted by Gasteiger charge is -2.22. The van der Waals surface area contributed by atoms with Gasteiger partial charge in [-0.25, -0.2) is 0 Å². The molecule has 1 saturated heterocycles. The summed E-state index contributed by atoms with van der Waals surface area (Å²) < 4.78 is 0. The molecule has 72 valence electrons. The Morgan fingerprint density at radius 3 is 2.85 bits per heavy atom. The van der Waals surface area contributed by atoms with Crippen molar-refractivity contribution in [1.29, 1.82) is 0 Å². The van der Waals surface area contributed by atoms with Crippen molar-refractivity contribution in [2.45, 2.75) is 25.3 Å². The third-order valence-electron chi connectivity index (χ3n) is 2.36. The van der Waals surface area contributed by atoms with Crippen LogP contribution in [-0.2, 0) is 0 Å². The minimum Gasteiger partial charge on any atom is -0.309 e. The van der Waals surface area contributed by atoms with Crippen LogP contribution in [0.3, 0.4) is 0 Å². The van der Waals surface area contributed by atoms with Crippen LogP contribution in [-0.4, -0.2) is 11.5 Å². The van der Waals surface area contributed by atoms with Crippen LogP contribution in [0.4, 0.5) is 0 Å². The van der Waals surface area contributed by atoms with E-state index in [-0.39, 0.29) is 12.4 Å². The van der Waals surface area contributed by atoms with Crippen molar-refractivity contribution < 1.29 is 0 Å². The number of rotatable bonds is 1. The second-order valence-corrected chi connectivity index (χ2v) is 3.26. The molecule has 0 radical (unpaired) electrons. The van der Waals surface area contributed by atoms with Gasteiger partial charge in [0.15, 0.2) is 0 Å². The van der Waals surface area contributed by atoms with Gasteiger partial charge < -0.3 is 5.32 Å². The van der Waals surface area contributed by atoms with Crippen molar-refractivity contribution in [2.75, 3.05) is 6.54 Å². The average Bonchev–Trinajstić information content (AvgIpc) is 2.21. The summed E-state index contributed by atoms with van der Waals surface area (Å²) in [6.07, 6.45) is 5.74. The minimum absolute atomic E-state index is 0. The zero-order valence-corrected chi connectivity index (χ0v) is 8.39. The minimum atomic E-state index is 0. The van der Waals surface area contributed by atoms with Crippen molar-refractivity contribution >= 4 is 12.4 Å². The Hall–Kier alpha value is -0.600. The number of nitrogens with zero attached hydrogens (tertiary/aromatic N) is 1. The first-order valence-corrected chi connectivity index (χ1v) is 4.61. The summed E-state index contributed by atoms with van der Waals surface area (Å²) in [5.74, 6) is 0. The molecule has 0 aromatic carbocycles. The van der Waals surface area contributed by atoms with Gasteiger partial charge in [0.2, 0.25) is 0 Å². The normalized spacial score (nSPS) is 22.0. The fraction of sp³-hybridized carbons (Fsp3) is 0.500.